The summed E-state index contributed by atoms with van der Waals surface area (Å²) in [4.78, 5) is 6.61. The van der Waals surface area contributed by atoms with E-state index in [1.165, 1.54) is 23.4 Å². The Kier molecular flexibility index (Phi) is 7.18. The molecule has 2 fully saturated rings. The molecule has 0 amide bonds. The molecular formula is C13H27IN4O2S. The van der Waals surface area contributed by atoms with Gasteiger partial charge >= 0.3 is 0 Å². The van der Waals surface area contributed by atoms with E-state index in [0.717, 1.165) is 25.4 Å². The van der Waals surface area contributed by atoms with Crippen molar-refractivity contribution in [3.05, 3.63) is 0 Å². The van der Waals surface area contributed by atoms with Crippen LogP contribution in [-0.4, -0.2) is 62.6 Å². The second-order valence-electron chi connectivity index (χ2n) is 6.14. The fraction of sp³-hybridized carbons (Fsp3) is 0.923. The van der Waals surface area contributed by atoms with Crippen molar-refractivity contribution in [2.24, 2.45) is 22.6 Å². The molecule has 0 aliphatic carbocycles. The third-order valence-corrected chi connectivity index (χ3v) is 5.61. The molecule has 2 aliphatic rings. The zero-order valence-electron chi connectivity index (χ0n) is 12.9. The summed E-state index contributed by atoms with van der Waals surface area (Å²) in [6, 6.07) is 0. The van der Waals surface area contributed by atoms with Crippen LogP contribution in [0.5, 0.6) is 0 Å². The van der Waals surface area contributed by atoms with E-state index in [9.17, 15) is 8.42 Å². The van der Waals surface area contributed by atoms with Gasteiger partial charge in [0.1, 0.15) is 0 Å². The molecule has 2 saturated heterocycles. The standard InChI is InChI=1S/C13H26N4O2S.HI/c1-11-3-6-16(7-4-11)13(14)15-9-12-5-8-17(10-12)20(2,18)19;/h11-12H,3-10H2,1-2H3,(H2,14,15);1H. The Labute approximate surface area is 145 Å². The number of halogens is 1. The van der Waals surface area contributed by atoms with Crippen molar-refractivity contribution < 1.29 is 8.42 Å². The molecule has 1 unspecified atom stereocenters. The number of piperidine rings is 1. The summed E-state index contributed by atoms with van der Waals surface area (Å²) in [6.07, 6.45) is 4.48. The molecule has 0 radical (unpaired) electrons. The molecular weight excluding hydrogens is 403 g/mol. The van der Waals surface area contributed by atoms with Crippen LogP contribution in [0.3, 0.4) is 0 Å². The number of hydrogen-bond donors (Lipinski definition) is 1. The normalized spacial score (nSPS) is 25.9. The average molecular weight is 430 g/mol. The molecule has 21 heavy (non-hydrogen) atoms. The molecule has 0 aromatic carbocycles. The number of sulfonamides is 1. The predicted molar refractivity (Wildman–Crippen MR) is 96.4 cm³/mol. The highest BCUT2D eigenvalue weighted by molar-refractivity contribution is 14.0. The number of rotatable bonds is 3. The minimum Gasteiger partial charge on any atom is -0.370 e. The fourth-order valence-corrected chi connectivity index (χ4v) is 3.73. The predicted octanol–water partition coefficient (Wildman–Crippen LogP) is 0.932. The first-order chi connectivity index (χ1) is 9.36. The summed E-state index contributed by atoms with van der Waals surface area (Å²) in [5.41, 5.74) is 6.04. The highest BCUT2D eigenvalue weighted by atomic mass is 127. The van der Waals surface area contributed by atoms with Gasteiger partial charge in [0.25, 0.3) is 0 Å². The Bertz CT molecular complexity index is 461. The summed E-state index contributed by atoms with van der Waals surface area (Å²) in [7, 11) is -3.06. The van der Waals surface area contributed by atoms with Crippen molar-refractivity contribution in [3.8, 4) is 0 Å². The van der Waals surface area contributed by atoms with E-state index >= 15 is 0 Å². The van der Waals surface area contributed by atoms with Crippen LogP contribution in [-0.2, 0) is 10.0 Å². The lowest BCUT2D eigenvalue weighted by molar-refractivity contribution is 0.277. The molecule has 2 heterocycles. The molecule has 6 nitrogen and oxygen atoms in total. The molecule has 0 aromatic rings. The molecule has 0 saturated carbocycles. The van der Waals surface area contributed by atoms with Gasteiger partial charge in [-0.1, -0.05) is 6.92 Å². The van der Waals surface area contributed by atoms with E-state index in [-0.39, 0.29) is 24.0 Å². The number of nitrogens with zero attached hydrogens (tertiary/aromatic N) is 3. The van der Waals surface area contributed by atoms with Gasteiger partial charge in [-0.15, -0.1) is 24.0 Å². The Hall–Kier alpha value is -0.0900. The molecule has 0 aromatic heterocycles. The van der Waals surface area contributed by atoms with Gasteiger partial charge < -0.3 is 10.6 Å². The van der Waals surface area contributed by atoms with E-state index in [1.54, 1.807) is 0 Å². The van der Waals surface area contributed by atoms with Crippen LogP contribution in [0.15, 0.2) is 4.99 Å². The third-order valence-electron chi connectivity index (χ3n) is 4.34. The van der Waals surface area contributed by atoms with Crippen molar-refractivity contribution in [2.45, 2.75) is 26.2 Å². The van der Waals surface area contributed by atoms with Crippen LogP contribution < -0.4 is 5.73 Å². The summed E-state index contributed by atoms with van der Waals surface area (Å²) < 4.78 is 24.4. The number of guanidine groups is 1. The number of aliphatic imine (C=N–C) groups is 1. The second kappa shape index (κ2) is 7.96. The molecule has 0 bridgehead atoms. The fourth-order valence-electron chi connectivity index (χ4n) is 2.81. The Morgan fingerprint density at radius 1 is 1.24 bits per heavy atom. The lowest BCUT2D eigenvalue weighted by Gasteiger charge is -2.31. The topological polar surface area (TPSA) is 79.0 Å². The van der Waals surface area contributed by atoms with Gasteiger partial charge in [0.15, 0.2) is 5.96 Å². The molecule has 1 atom stereocenters. The van der Waals surface area contributed by atoms with Gasteiger partial charge in [0.2, 0.25) is 10.0 Å². The third kappa shape index (κ3) is 5.55. The summed E-state index contributed by atoms with van der Waals surface area (Å²) in [5.74, 6) is 1.69. The first-order valence-electron chi connectivity index (χ1n) is 7.36. The molecule has 2 rings (SSSR count). The minimum atomic E-state index is -3.06. The Balaban J connectivity index is 0.00000220. The zero-order chi connectivity index (χ0) is 14.8. The van der Waals surface area contributed by atoms with Gasteiger partial charge in [-0.25, -0.2) is 12.7 Å². The number of hydrogen-bond acceptors (Lipinski definition) is 3. The molecule has 2 N–H and O–H groups in total. The smallest absolute Gasteiger partial charge is 0.211 e. The number of likely N-dealkylation sites (tertiary alicyclic amines) is 1. The molecule has 124 valence electrons. The largest absolute Gasteiger partial charge is 0.370 e. The number of nitrogens with two attached hydrogens (primary N) is 1. The van der Waals surface area contributed by atoms with Crippen molar-refractivity contribution in [1.82, 2.24) is 9.21 Å². The SMILES string of the molecule is CC1CCN(C(N)=NCC2CCN(S(C)(=O)=O)C2)CC1.I. The van der Waals surface area contributed by atoms with E-state index in [4.69, 9.17) is 5.73 Å². The van der Waals surface area contributed by atoms with Crippen molar-refractivity contribution in [1.29, 1.82) is 0 Å². The molecule has 2 aliphatic heterocycles. The highest BCUT2D eigenvalue weighted by Crippen LogP contribution is 2.19. The van der Waals surface area contributed by atoms with E-state index in [1.807, 2.05) is 0 Å². The summed E-state index contributed by atoms with van der Waals surface area (Å²) in [6.45, 7) is 6.05. The van der Waals surface area contributed by atoms with Crippen LogP contribution in [0, 0.1) is 11.8 Å². The summed E-state index contributed by atoms with van der Waals surface area (Å²) >= 11 is 0. The maximum Gasteiger partial charge on any atom is 0.211 e. The first-order valence-corrected chi connectivity index (χ1v) is 9.21. The maximum absolute atomic E-state index is 11.5. The summed E-state index contributed by atoms with van der Waals surface area (Å²) in [5, 5.41) is 0. The lowest BCUT2D eigenvalue weighted by Crippen LogP contribution is -2.42. The minimum absolute atomic E-state index is 0. The quantitative estimate of drug-likeness (QED) is 0.411. The molecule has 0 spiro atoms. The lowest BCUT2D eigenvalue weighted by atomic mass is 10.00. The van der Waals surface area contributed by atoms with Crippen LogP contribution in [0.2, 0.25) is 0 Å². The van der Waals surface area contributed by atoms with E-state index < -0.39 is 10.0 Å². The van der Waals surface area contributed by atoms with Crippen molar-refractivity contribution in [3.63, 3.8) is 0 Å². The maximum atomic E-state index is 11.5. The van der Waals surface area contributed by atoms with Gasteiger partial charge in [0, 0.05) is 32.7 Å². The van der Waals surface area contributed by atoms with Gasteiger partial charge in [0.05, 0.1) is 6.26 Å². The highest BCUT2D eigenvalue weighted by Gasteiger charge is 2.28. The Morgan fingerprint density at radius 3 is 2.38 bits per heavy atom. The van der Waals surface area contributed by atoms with Gasteiger partial charge in [-0.3, -0.25) is 4.99 Å². The van der Waals surface area contributed by atoms with E-state index in [2.05, 4.69) is 16.8 Å². The van der Waals surface area contributed by atoms with Gasteiger partial charge in [-0.05, 0) is 31.1 Å². The zero-order valence-corrected chi connectivity index (χ0v) is 16.0. The van der Waals surface area contributed by atoms with Crippen LogP contribution in [0.4, 0.5) is 0 Å². The van der Waals surface area contributed by atoms with Gasteiger partial charge in [-0.2, -0.15) is 0 Å². The van der Waals surface area contributed by atoms with E-state index in [0.29, 0.717) is 31.5 Å². The van der Waals surface area contributed by atoms with Crippen molar-refractivity contribution in [2.75, 3.05) is 39.0 Å². The van der Waals surface area contributed by atoms with Crippen LogP contribution in [0.25, 0.3) is 0 Å². The monoisotopic (exact) mass is 430 g/mol. The molecule has 8 heteroatoms. The second-order valence-corrected chi connectivity index (χ2v) is 8.13. The average Bonchev–Trinajstić information content (AvgIpc) is 2.85. The van der Waals surface area contributed by atoms with Crippen LogP contribution in [0.1, 0.15) is 26.2 Å². The Morgan fingerprint density at radius 2 is 1.86 bits per heavy atom. The van der Waals surface area contributed by atoms with Crippen LogP contribution >= 0.6 is 24.0 Å². The first kappa shape index (κ1) is 19.0. The van der Waals surface area contributed by atoms with Crippen molar-refractivity contribution >= 4 is 40.0 Å².